The molecule has 0 aliphatic heterocycles. The van der Waals surface area contributed by atoms with Crippen LogP contribution in [-0.2, 0) is 6.61 Å². The molecule has 140 valence electrons. The molecule has 1 aromatic heterocycles. The van der Waals surface area contributed by atoms with Crippen LogP contribution in [0.15, 0.2) is 82.0 Å². The van der Waals surface area contributed by atoms with Gasteiger partial charge in [-0.2, -0.15) is 0 Å². The molecule has 0 unspecified atom stereocenters. The molecule has 1 N–H and O–H groups in total. The first-order valence-electron chi connectivity index (χ1n) is 8.76. The predicted molar refractivity (Wildman–Crippen MR) is 107 cm³/mol. The van der Waals surface area contributed by atoms with E-state index < -0.39 is 11.2 Å². The van der Waals surface area contributed by atoms with Crippen molar-refractivity contribution in [3.8, 4) is 28.6 Å². The maximum atomic E-state index is 12.5. The van der Waals surface area contributed by atoms with Crippen molar-refractivity contribution in [2.75, 3.05) is 7.11 Å². The van der Waals surface area contributed by atoms with Crippen molar-refractivity contribution < 1.29 is 19.0 Å². The molecule has 0 saturated heterocycles. The van der Waals surface area contributed by atoms with Crippen LogP contribution in [0.25, 0.3) is 22.3 Å². The maximum absolute atomic E-state index is 12.5. The molecule has 0 radical (unpaired) electrons. The van der Waals surface area contributed by atoms with E-state index in [1.165, 1.54) is 0 Å². The Balaban J connectivity index is 1.66. The van der Waals surface area contributed by atoms with Crippen molar-refractivity contribution in [2.45, 2.75) is 6.61 Å². The van der Waals surface area contributed by atoms with Crippen molar-refractivity contribution >= 4 is 11.0 Å². The van der Waals surface area contributed by atoms with Gasteiger partial charge in [-0.15, -0.1) is 0 Å². The maximum Gasteiger partial charge on any atom is 0.235 e. The Bertz CT molecular complexity index is 1160. The Labute approximate surface area is 161 Å². The van der Waals surface area contributed by atoms with Crippen molar-refractivity contribution in [3.63, 3.8) is 0 Å². The number of benzene rings is 3. The molecule has 0 spiro atoms. The SMILES string of the molecule is COc1ccc(COc2ccc3c(=O)c(O)c(-c4ccccc4)oc3c2)cc1. The molecule has 0 amide bonds. The van der Waals surface area contributed by atoms with Gasteiger partial charge in [-0.25, -0.2) is 0 Å². The van der Waals surface area contributed by atoms with Gasteiger partial charge < -0.3 is 19.0 Å². The van der Waals surface area contributed by atoms with Crippen LogP contribution in [-0.4, -0.2) is 12.2 Å². The van der Waals surface area contributed by atoms with E-state index in [1.807, 2.05) is 42.5 Å². The Morgan fingerprint density at radius 1 is 0.929 bits per heavy atom. The van der Waals surface area contributed by atoms with Crippen molar-refractivity contribution in [1.29, 1.82) is 0 Å². The lowest BCUT2D eigenvalue weighted by Crippen LogP contribution is -2.03. The number of aromatic hydroxyl groups is 1. The second-order valence-electron chi connectivity index (χ2n) is 6.27. The van der Waals surface area contributed by atoms with Crippen LogP contribution in [0, 0.1) is 0 Å². The minimum atomic E-state index is -0.471. The van der Waals surface area contributed by atoms with Gasteiger partial charge in [-0.05, 0) is 29.8 Å². The second kappa shape index (κ2) is 7.48. The number of fused-ring (bicyclic) bond motifs is 1. The molecule has 0 fully saturated rings. The average molecular weight is 374 g/mol. The zero-order valence-corrected chi connectivity index (χ0v) is 15.2. The third-order valence-electron chi connectivity index (χ3n) is 4.44. The Morgan fingerprint density at radius 3 is 2.36 bits per heavy atom. The molecule has 0 aliphatic rings. The van der Waals surface area contributed by atoms with Gasteiger partial charge in [0, 0.05) is 11.6 Å². The van der Waals surface area contributed by atoms with Gasteiger partial charge in [0.05, 0.1) is 12.5 Å². The summed E-state index contributed by atoms with van der Waals surface area (Å²) in [6.07, 6.45) is 0. The van der Waals surface area contributed by atoms with E-state index in [1.54, 1.807) is 37.4 Å². The lowest BCUT2D eigenvalue weighted by molar-refractivity contribution is 0.306. The highest BCUT2D eigenvalue weighted by molar-refractivity contribution is 5.82. The largest absolute Gasteiger partial charge is 0.502 e. The molecular formula is C23H18O5. The molecule has 5 nitrogen and oxygen atoms in total. The highest BCUT2D eigenvalue weighted by Crippen LogP contribution is 2.31. The van der Waals surface area contributed by atoms with Crippen molar-refractivity contribution in [3.05, 3.63) is 88.6 Å². The molecule has 0 saturated carbocycles. The lowest BCUT2D eigenvalue weighted by Gasteiger charge is -2.09. The summed E-state index contributed by atoms with van der Waals surface area (Å²) in [5, 5.41) is 10.6. The first-order chi connectivity index (χ1) is 13.7. The third kappa shape index (κ3) is 3.42. The first-order valence-corrected chi connectivity index (χ1v) is 8.76. The minimum Gasteiger partial charge on any atom is -0.502 e. The summed E-state index contributed by atoms with van der Waals surface area (Å²) < 4.78 is 16.8. The molecular weight excluding hydrogens is 356 g/mol. The van der Waals surface area contributed by atoms with Crippen molar-refractivity contribution in [1.82, 2.24) is 0 Å². The molecule has 28 heavy (non-hydrogen) atoms. The molecule has 0 atom stereocenters. The summed E-state index contributed by atoms with van der Waals surface area (Å²) >= 11 is 0. The lowest BCUT2D eigenvalue weighted by atomic mass is 10.1. The van der Waals surface area contributed by atoms with Crippen LogP contribution in [0.5, 0.6) is 17.2 Å². The van der Waals surface area contributed by atoms with E-state index in [2.05, 4.69) is 0 Å². The summed E-state index contributed by atoms with van der Waals surface area (Å²) in [6, 6.07) is 21.5. The summed E-state index contributed by atoms with van der Waals surface area (Å²) in [5.41, 5.74) is 1.50. The Morgan fingerprint density at radius 2 is 1.64 bits per heavy atom. The van der Waals surface area contributed by atoms with E-state index >= 15 is 0 Å². The zero-order valence-electron chi connectivity index (χ0n) is 15.2. The van der Waals surface area contributed by atoms with Crippen LogP contribution >= 0.6 is 0 Å². The Hall–Kier alpha value is -3.73. The summed E-state index contributed by atoms with van der Waals surface area (Å²) in [5.74, 6) is 1.09. The third-order valence-corrected chi connectivity index (χ3v) is 4.44. The van der Waals surface area contributed by atoms with E-state index in [4.69, 9.17) is 13.9 Å². The number of hydrogen-bond acceptors (Lipinski definition) is 5. The molecule has 3 aromatic carbocycles. The fourth-order valence-electron chi connectivity index (χ4n) is 2.93. The fraction of sp³-hybridized carbons (Fsp3) is 0.0870. The molecule has 1 heterocycles. The van der Waals surface area contributed by atoms with E-state index in [0.717, 1.165) is 11.3 Å². The van der Waals surface area contributed by atoms with Gasteiger partial charge in [-0.3, -0.25) is 4.79 Å². The first kappa shape index (κ1) is 17.7. The number of hydrogen-bond donors (Lipinski definition) is 1. The van der Waals surface area contributed by atoms with Gasteiger partial charge in [0.2, 0.25) is 11.2 Å². The number of rotatable bonds is 5. The van der Waals surface area contributed by atoms with Crippen LogP contribution in [0.1, 0.15) is 5.56 Å². The van der Waals surface area contributed by atoms with Gasteiger partial charge in [0.1, 0.15) is 23.7 Å². The van der Waals surface area contributed by atoms with Gasteiger partial charge in [0.15, 0.2) is 5.76 Å². The summed E-state index contributed by atoms with van der Waals surface area (Å²) in [6.45, 7) is 0.364. The standard InChI is InChI=1S/C23H18O5/c1-26-17-9-7-15(8-10-17)14-27-18-11-12-19-20(13-18)28-23(22(25)21(19)24)16-5-3-2-4-6-16/h2-13,25H,14H2,1H3. The zero-order chi connectivity index (χ0) is 19.5. The second-order valence-corrected chi connectivity index (χ2v) is 6.27. The quantitative estimate of drug-likeness (QED) is 0.546. The summed E-state index contributed by atoms with van der Waals surface area (Å²) in [7, 11) is 1.62. The van der Waals surface area contributed by atoms with Crippen LogP contribution < -0.4 is 14.9 Å². The normalized spacial score (nSPS) is 10.8. The minimum absolute atomic E-state index is 0.144. The number of ether oxygens (including phenoxy) is 2. The van der Waals surface area contributed by atoms with E-state index in [0.29, 0.717) is 28.9 Å². The van der Waals surface area contributed by atoms with Gasteiger partial charge in [-0.1, -0.05) is 42.5 Å². The van der Waals surface area contributed by atoms with Crippen molar-refractivity contribution in [2.24, 2.45) is 0 Å². The van der Waals surface area contributed by atoms with Crippen LogP contribution in [0.4, 0.5) is 0 Å². The predicted octanol–water partition coefficient (Wildman–Crippen LogP) is 4.75. The molecule has 5 heteroatoms. The number of methoxy groups -OCH3 is 1. The molecule has 4 rings (SSSR count). The van der Waals surface area contributed by atoms with E-state index in [-0.39, 0.29) is 5.76 Å². The summed E-state index contributed by atoms with van der Waals surface area (Å²) in [4.78, 5) is 12.5. The van der Waals surface area contributed by atoms with E-state index in [9.17, 15) is 9.90 Å². The van der Waals surface area contributed by atoms with Crippen LogP contribution in [0.2, 0.25) is 0 Å². The highest BCUT2D eigenvalue weighted by Gasteiger charge is 2.15. The van der Waals surface area contributed by atoms with Crippen LogP contribution in [0.3, 0.4) is 0 Å². The molecule has 0 bridgehead atoms. The topological polar surface area (TPSA) is 68.9 Å². The monoisotopic (exact) mass is 374 g/mol. The average Bonchev–Trinajstić information content (AvgIpc) is 2.75. The van der Waals surface area contributed by atoms with Gasteiger partial charge >= 0.3 is 0 Å². The highest BCUT2D eigenvalue weighted by atomic mass is 16.5. The Kier molecular flexibility index (Phi) is 4.72. The fourth-order valence-corrected chi connectivity index (χ4v) is 2.93. The molecule has 4 aromatic rings. The smallest absolute Gasteiger partial charge is 0.235 e. The molecule has 0 aliphatic carbocycles. The van der Waals surface area contributed by atoms with Gasteiger partial charge in [0.25, 0.3) is 0 Å².